The molecular formula is C7H19N3Si. The van der Waals surface area contributed by atoms with E-state index in [1.165, 1.54) is 0 Å². The van der Waals surface area contributed by atoms with E-state index in [9.17, 15) is 0 Å². The molecule has 0 radical (unpaired) electrons. The fourth-order valence-corrected chi connectivity index (χ4v) is 2.09. The van der Waals surface area contributed by atoms with E-state index in [0.29, 0.717) is 0 Å². The monoisotopic (exact) mass is 173 g/mol. The molecule has 0 aliphatic carbocycles. The number of hydrogen-bond acceptors (Lipinski definition) is 2. The Kier molecular flexibility index (Phi) is 4.33. The summed E-state index contributed by atoms with van der Waals surface area (Å²) in [4.78, 5) is 0. The minimum atomic E-state index is -1.25. The average molecular weight is 173 g/mol. The second-order valence-electron chi connectivity index (χ2n) is 3.43. The second-order valence-corrected chi connectivity index (χ2v) is 8.29. The molecule has 0 aromatic rings. The normalized spacial score (nSPS) is 12.5. The lowest BCUT2D eigenvalue weighted by Crippen LogP contribution is -2.41. The smallest absolute Gasteiger partial charge is 0.171 e. The molecule has 0 unspecified atom stereocenters. The van der Waals surface area contributed by atoms with E-state index >= 15 is 0 Å². The van der Waals surface area contributed by atoms with E-state index < -0.39 is 8.24 Å². The van der Waals surface area contributed by atoms with Crippen LogP contribution in [0.5, 0.6) is 0 Å². The fraction of sp³-hybridized carbons (Fsp3) is 1.00. The summed E-state index contributed by atoms with van der Waals surface area (Å²) in [6.07, 6.45) is 0. The molecule has 0 atom stereocenters. The van der Waals surface area contributed by atoms with Crippen LogP contribution in [0.3, 0.4) is 0 Å². The summed E-state index contributed by atoms with van der Waals surface area (Å²) in [7, 11) is -1.25. The molecule has 4 heteroatoms. The fourth-order valence-electron chi connectivity index (χ4n) is 0.811. The first kappa shape index (κ1) is 10.6. The Morgan fingerprint density at radius 1 is 1.18 bits per heavy atom. The van der Waals surface area contributed by atoms with Crippen molar-refractivity contribution in [2.45, 2.75) is 33.5 Å². The summed E-state index contributed by atoms with van der Waals surface area (Å²) in [6.45, 7) is 12.7. The topological polar surface area (TPSA) is 28.0 Å². The average Bonchev–Trinajstić information content (AvgIpc) is 1.87. The van der Waals surface area contributed by atoms with Gasteiger partial charge in [-0.15, -0.1) is 0 Å². The third kappa shape index (κ3) is 4.13. The molecule has 0 aromatic carbocycles. The van der Waals surface area contributed by atoms with E-state index in [1.807, 2.05) is 6.92 Å². The number of nitrogens with zero attached hydrogens (tertiary/aromatic N) is 3. The van der Waals surface area contributed by atoms with Crippen LogP contribution in [0.4, 0.5) is 0 Å². The largest absolute Gasteiger partial charge is 0.307 e. The van der Waals surface area contributed by atoms with Crippen LogP contribution < -0.4 is 0 Å². The van der Waals surface area contributed by atoms with Gasteiger partial charge >= 0.3 is 0 Å². The second kappa shape index (κ2) is 4.49. The molecule has 0 fully saturated rings. The first-order valence-corrected chi connectivity index (χ1v) is 7.62. The van der Waals surface area contributed by atoms with E-state index in [1.54, 1.807) is 0 Å². The summed E-state index contributed by atoms with van der Waals surface area (Å²) in [5.41, 5.74) is 0. The van der Waals surface area contributed by atoms with E-state index in [2.05, 4.69) is 41.6 Å². The lowest BCUT2D eigenvalue weighted by atomic mass is 10.8. The van der Waals surface area contributed by atoms with Crippen LogP contribution in [-0.2, 0) is 0 Å². The number of rotatable bonds is 4. The van der Waals surface area contributed by atoms with Gasteiger partial charge in [-0.2, -0.15) is 5.11 Å². The van der Waals surface area contributed by atoms with Crippen LogP contribution in [0.2, 0.25) is 19.6 Å². The highest BCUT2D eigenvalue weighted by atomic mass is 28.3. The van der Waals surface area contributed by atoms with Gasteiger partial charge in [-0.05, 0) is 13.8 Å². The highest BCUT2D eigenvalue weighted by Gasteiger charge is 2.21. The predicted octanol–water partition coefficient (Wildman–Crippen LogP) is 2.53. The van der Waals surface area contributed by atoms with Gasteiger partial charge in [-0.25, -0.2) is 0 Å². The Labute approximate surface area is 70.6 Å². The summed E-state index contributed by atoms with van der Waals surface area (Å²) in [5.74, 6) is 0. The lowest BCUT2D eigenvalue weighted by molar-refractivity contribution is 0.437. The van der Waals surface area contributed by atoms with Gasteiger partial charge in [0.25, 0.3) is 0 Å². The van der Waals surface area contributed by atoms with Crippen LogP contribution in [0.25, 0.3) is 0 Å². The van der Waals surface area contributed by atoms with Crippen LogP contribution in [0, 0.1) is 0 Å². The molecule has 11 heavy (non-hydrogen) atoms. The third-order valence-corrected chi connectivity index (χ3v) is 3.34. The Balaban J connectivity index is 4.06. The van der Waals surface area contributed by atoms with Crippen molar-refractivity contribution >= 4 is 8.24 Å². The van der Waals surface area contributed by atoms with Crippen LogP contribution in [0.1, 0.15) is 13.8 Å². The molecule has 0 saturated carbocycles. The minimum absolute atomic E-state index is 0.779. The zero-order valence-corrected chi connectivity index (χ0v) is 9.26. The van der Waals surface area contributed by atoms with Crippen molar-refractivity contribution < 1.29 is 0 Å². The van der Waals surface area contributed by atoms with Crippen LogP contribution in [0.15, 0.2) is 10.3 Å². The predicted molar refractivity (Wildman–Crippen MR) is 51.1 cm³/mol. The van der Waals surface area contributed by atoms with Gasteiger partial charge in [-0.3, -0.25) is 0 Å². The van der Waals surface area contributed by atoms with Crippen molar-refractivity contribution in [1.82, 2.24) is 4.67 Å². The first-order valence-electron chi connectivity index (χ1n) is 4.17. The zero-order chi connectivity index (χ0) is 8.91. The van der Waals surface area contributed by atoms with Gasteiger partial charge in [-0.1, -0.05) is 24.9 Å². The minimum Gasteiger partial charge on any atom is -0.307 e. The van der Waals surface area contributed by atoms with E-state index in [4.69, 9.17) is 0 Å². The van der Waals surface area contributed by atoms with Crippen LogP contribution in [-0.4, -0.2) is 26.0 Å². The van der Waals surface area contributed by atoms with Gasteiger partial charge in [0.2, 0.25) is 0 Å². The molecule has 0 rings (SSSR count). The molecule has 0 amide bonds. The van der Waals surface area contributed by atoms with Crippen molar-refractivity contribution in [2.75, 3.05) is 13.1 Å². The summed E-state index contributed by atoms with van der Waals surface area (Å²) in [6, 6.07) is 0. The van der Waals surface area contributed by atoms with E-state index in [-0.39, 0.29) is 0 Å². The van der Waals surface area contributed by atoms with E-state index in [0.717, 1.165) is 13.1 Å². The highest BCUT2D eigenvalue weighted by molar-refractivity contribution is 6.73. The van der Waals surface area contributed by atoms with Gasteiger partial charge in [0, 0.05) is 6.54 Å². The van der Waals surface area contributed by atoms with Gasteiger partial charge in [0.15, 0.2) is 8.24 Å². The molecule has 66 valence electrons. The molecule has 0 aliphatic heterocycles. The quantitative estimate of drug-likeness (QED) is 0.365. The van der Waals surface area contributed by atoms with Gasteiger partial charge < -0.3 is 4.67 Å². The summed E-state index contributed by atoms with van der Waals surface area (Å²) < 4.78 is 2.12. The van der Waals surface area contributed by atoms with Crippen LogP contribution >= 0.6 is 0 Å². The van der Waals surface area contributed by atoms with Gasteiger partial charge in [0.05, 0.1) is 6.54 Å². The molecule has 0 N–H and O–H groups in total. The Morgan fingerprint density at radius 3 is 2.00 bits per heavy atom. The maximum atomic E-state index is 4.15. The Morgan fingerprint density at radius 2 is 1.73 bits per heavy atom. The van der Waals surface area contributed by atoms with Crippen molar-refractivity contribution in [2.24, 2.45) is 10.3 Å². The maximum absolute atomic E-state index is 4.15. The molecular weight excluding hydrogens is 154 g/mol. The molecule has 0 bridgehead atoms. The van der Waals surface area contributed by atoms with Gasteiger partial charge in [0.1, 0.15) is 0 Å². The zero-order valence-electron chi connectivity index (χ0n) is 8.26. The molecule has 0 aliphatic rings. The maximum Gasteiger partial charge on any atom is 0.171 e. The first-order chi connectivity index (χ1) is 5.02. The molecule has 3 nitrogen and oxygen atoms in total. The summed E-state index contributed by atoms with van der Waals surface area (Å²) in [5, 5.41) is 8.15. The molecule has 0 saturated heterocycles. The standard InChI is InChI=1S/C7H19N3Si/c1-6-8-9-10(7-2)11(3,4)5/h6-7H2,1-5H3. The molecule has 0 spiro atoms. The molecule has 0 heterocycles. The van der Waals surface area contributed by atoms with Crippen molar-refractivity contribution in [3.8, 4) is 0 Å². The SMILES string of the molecule is CCN=NN(CC)[Si](C)(C)C. The number of hydrogen-bond donors (Lipinski definition) is 0. The Hall–Kier alpha value is -0.383. The van der Waals surface area contributed by atoms with Crippen molar-refractivity contribution in [3.63, 3.8) is 0 Å². The Bertz CT molecular complexity index is 128. The highest BCUT2D eigenvalue weighted by Crippen LogP contribution is 2.08. The third-order valence-electron chi connectivity index (χ3n) is 1.39. The lowest BCUT2D eigenvalue weighted by Gasteiger charge is -2.28. The molecule has 0 aromatic heterocycles. The van der Waals surface area contributed by atoms with Crippen molar-refractivity contribution in [3.05, 3.63) is 0 Å². The summed E-state index contributed by atoms with van der Waals surface area (Å²) >= 11 is 0. The van der Waals surface area contributed by atoms with Crippen molar-refractivity contribution in [1.29, 1.82) is 0 Å².